The van der Waals surface area contributed by atoms with Crippen LogP contribution < -0.4 is 10.9 Å². The minimum atomic E-state index is -0.547. The summed E-state index contributed by atoms with van der Waals surface area (Å²) in [5.41, 5.74) is 0.843. The molecule has 3 aromatic rings. The third-order valence-electron chi connectivity index (χ3n) is 3.63. The number of carbonyl (C=O) groups excluding carboxylic acids is 1. The highest BCUT2D eigenvalue weighted by Gasteiger charge is 2.13. The van der Waals surface area contributed by atoms with Crippen molar-refractivity contribution in [1.29, 1.82) is 0 Å². The quantitative estimate of drug-likeness (QED) is 0.570. The van der Waals surface area contributed by atoms with Crippen LogP contribution in [0.3, 0.4) is 0 Å². The number of amides is 1. The number of nitrogens with one attached hydrogen (secondary N) is 1. The van der Waals surface area contributed by atoms with Crippen LogP contribution in [0.25, 0.3) is 10.9 Å². The first-order valence-corrected chi connectivity index (χ1v) is 7.33. The summed E-state index contributed by atoms with van der Waals surface area (Å²) in [6.07, 6.45) is 0. The number of hydrogen-bond acceptors (Lipinski definition) is 6. The lowest BCUT2D eigenvalue weighted by atomic mass is 10.2. The van der Waals surface area contributed by atoms with Crippen molar-refractivity contribution in [3.8, 4) is 0 Å². The van der Waals surface area contributed by atoms with Crippen molar-refractivity contribution >= 4 is 28.2 Å². The number of hydrogen-bond donors (Lipinski definition) is 1. The zero-order valence-corrected chi connectivity index (χ0v) is 13.2. The fourth-order valence-corrected chi connectivity index (χ4v) is 2.31. The van der Waals surface area contributed by atoms with E-state index in [1.807, 2.05) is 0 Å². The van der Waals surface area contributed by atoms with Gasteiger partial charge in [-0.05, 0) is 24.6 Å². The number of benzene rings is 2. The maximum atomic E-state index is 12.3. The predicted octanol–water partition coefficient (Wildman–Crippen LogP) is 1.65. The zero-order valence-electron chi connectivity index (χ0n) is 13.2. The van der Waals surface area contributed by atoms with E-state index in [0.717, 1.165) is 4.68 Å². The number of nitrogens with zero attached hydrogens (tertiary/aromatic N) is 4. The van der Waals surface area contributed by atoms with Gasteiger partial charge < -0.3 is 5.32 Å². The molecule has 3 rings (SSSR count). The topological polar surface area (TPSA) is 120 Å². The molecule has 9 nitrogen and oxygen atoms in total. The second kappa shape index (κ2) is 6.48. The van der Waals surface area contributed by atoms with Crippen molar-refractivity contribution in [3.63, 3.8) is 0 Å². The smallest absolute Gasteiger partial charge is 0.278 e. The Balaban J connectivity index is 1.84. The van der Waals surface area contributed by atoms with Crippen molar-refractivity contribution in [2.75, 3.05) is 5.32 Å². The number of nitro groups is 1. The van der Waals surface area contributed by atoms with E-state index in [9.17, 15) is 19.7 Å². The Bertz CT molecular complexity index is 1040. The van der Waals surface area contributed by atoms with Crippen LogP contribution in [-0.2, 0) is 11.3 Å². The van der Waals surface area contributed by atoms with E-state index < -0.39 is 16.4 Å². The highest BCUT2D eigenvalue weighted by atomic mass is 16.6. The van der Waals surface area contributed by atoms with Gasteiger partial charge in [0.15, 0.2) is 0 Å². The predicted molar refractivity (Wildman–Crippen MR) is 90.3 cm³/mol. The SMILES string of the molecule is Cc1ccc([N+](=O)[O-])cc1NC(=O)Cn1nnc2ccccc2c1=O. The van der Waals surface area contributed by atoms with Crippen LogP contribution >= 0.6 is 0 Å². The number of fused-ring (bicyclic) bond motifs is 1. The van der Waals surface area contributed by atoms with Gasteiger partial charge in [-0.2, -0.15) is 0 Å². The summed E-state index contributed by atoms with van der Waals surface area (Å²) in [6.45, 7) is 1.36. The van der Waals surface area contributed by atoms with Crippen molar-refractivity contribution in [3.05, 3.63) is 68.5 Å². The summed E-state index contributed by atoms with van der Waals surface area (Å²) in [6, 6.07) is 10.8. The van der Waals surface area contributed by atoms with Gasteiger partial charge in [-0.3, -0.25) is 19.7 Å². The molecule has 0 aliphatic heterocycles. The summed E-state index contributed by atoms with van der Waals surface area (Å²) in [5, 5.41) is 21.4. The van der Waals surface area contributed by atoms with Gasteiger partial charge in [-0.1, -0.05) is 23.4 Å². The Kier molecular flexibility index (Phi) is 4.21. The number of rotatable bonds is 4. The molecule has 1 aromatic heterocycles. The minimum absolute atomic E-state index is 0.136. The first kappa shape index (κ1) is 16.2. The lowest BCUT2D eigenvalue weighted by Gasteiger charge is -2.09. The first-order valence-electron chi connectivity index (χ1n) is 7.33. The molecular weight excluding hydrogens is 326 g/mol. The lowest BCUT2D eigenvalue weighted by Crippen LogP contribution is -2.30. The first-order chi connectivity index (χ1) is 12.0. The molecular formula is C16H13N5O4. The molecule has 0 aliphatic rings. The van der Waals surface area contributed by atoms with E-state index in [4.69, 9.17) is 0 Å². The number of anilines is 1. The third-order valence-corrected chi connectivity index (χ3v) is 3.63. The average molecular weight is 339 g/mol. The molecule has 25 heavy (non-hydrogen) atoms. The summed E-state index contributed by atoms with van der Waals surface area (Å²) in [7, 11) is 0. The molecule has 126 valence electrons. The molecule has 0 bridgehead atoms. The largest absolute Gasteiger partial charge is 0.324 e. The van der Waals surface area contributed by atoms with Crippen molar-refractivity contribution in [2.24, 2.45) is 0 Å². The molecule has 0 unspecified atom stereocenters. The zero-order chi connectivity index (χ0) is 18.0. The molecule has 0 spiro atoms. The van der Waals surface area contributed by atoms with Gasteiger partial charge in [0, 0.05) is 12.1 Å². The van der Waals surface area contributed by atoms with Crippen LogP contribution in [0.4, 0.5) is 11.4 Å². The molecule has 0 saturated heterocycles. The van der Waals surface area contributed by atoms with E-state index >= 15 is 0 Å². The summed E-state index contributed by atoms with van der Waals surface area (Å²) >= 11 is 0. The Labute approximate surface area is 141 Å². The number of aromatic nitrogens is 3. The maximum Gasteiger partial charge on any atom is 0.278 e. The standard InChI is InChI=1S/C16H13N5O4/c1-10-6-7-11(21(24)25)8-14(10)17-15(22)9-20-16(23)12-4-2-3-5-13(12)18-19-20/h2-8H,9H2,1H3,(H,17,22). The van der Waals surface area contributed by atoms with Crippen molar-refractivity contribution in [1.82, 2.24) is 15.0 Å². The molecule has 1 amide bonds. The second-order valence-electron chi connectivity index (χ2n) is 5.37. The van der Waals surface area contributed by atoms with Crippen LogP contribution in [0, 0.1) is 17.0 Å². The van der Waals surface area contributed by atoms with Gasteiger partial charge in [0.2, 0.25) is 5.91 Å². The molecule has 0 fully saturated rings. The Morgan fingerprint density at radius 1 is 1.28 bits per heavy atom. The monoisotopic (exact) mass is 339 g/mol. The summed E-state index contributed by atoms with van der Waals surface area (Å²) in [5.74, 6) is -0.532. The fourth-order valence-electron chi connectivity index (χ4n) is 2.31. The molecule has 0 saturated carbocycles. The van der Waals surface area contributed by atoms with Gasteiger partial charge in [0.1, 0.15) is 12.1 Å². The van der Waals surface area contributed by atoms with E-state index in [-0.39, 0.29) is 12.2 Å². The normalized spacial score (nSPS) is 10.6. The number of non-ortho nitro benzene ring substituents is 1. The fraction of sp³-hybridized carbons (Fsp3) is 0.125. The van der Waals surface area contributed by atoms with Crippen LogP contribution in [0.15, 0.2) is 47.3 Å². The van der Waals surface area contributed by atoms with E-state index in [1.54, 1.807) is 31.2 Å². The summed E-state index contributed by atoms with van der Waals surface area (Å²) < 4.78 is 0.949. The molecule has 9 heteroatoms. The molecule has 1 N–H and O–H groups in total. The Hall–Kier alpha value is -3.62. The summed E-state index contributed by atoms with van der Waals surface area (Å²) in [4.78, 5) is 34.8. The maximum absolute atomic E-state index is 12.3. The van der Waals surface area contributed by atoms with Gasteiger partial charge in [0.05, 0.1) is 16.0 Å². The Morgan fingerprint density at radius 3 is 2.80 bits per heavy atom. The van der Waals surface area contributed by atoms with Crippen LogP contribution in [0.2, 0.25) is 0 Å². The third kappa shape index (κ3) is 3.34. The van der Waals surface area contributed by atoms with Gasteiger partial charge in [-0.15, -0.1) is 5.10 Å². The Morgan fingerprint density at radius 2 is 2.04 bits per heavy atom. The lowest BCUT2D eigenvalue weighted by molar-refractivity contribution is -0.384. The van der Waals surface area contributed by atoms with E-state index in [0.29, 0.717) is 22.2 Å². The van der Waals surface area contributed by atoms with Crippen LogP contribution in [0.5, 0.6) is 0 Å². The van der Waals surface area contributed by atoms with E-state index in [2.05, 4.69) is 15.6 Å². The average Bonchev–Trinajstić information content (AvgIpc) is 2.59. The molecule has 0 radical (unpaired) electrons. The highest BCUT2D eigenvalue weighted by Crippen LogP contribution is 2.21. The van der Waals surface area contributed by atoms with Crippen molar-refractivity contribution < 1.29 is 9.72 Å². The number of carbonyl (C=O) groups is 1. The molecule has 1 heterocycles. The minimum Gasteiger partial charge on any atom is -0.324 e. The second-order valence-corrected chi connectivity index (χ2v) is 5.37. The molecule has 2 aromatic carbocycles. The molecule has 0 aliphatic carbocycles. The van der Waals surface area contributed by atoms with Gasteiger partial charge in [-0.25, -0.2) is 4.68 Å². The van der Waals surface area contributed by atoms with Crippen LogP contribution in [-0.4, -0.2) is 25.8 Å². The van der Waals surface area contributed by atoms with Gasteiger partial charge in [0.25, 0.3) is 11.2 Å². The van der Waals surface area contributed by atoms with Crippen LogP contribution in [0.1, 0.15) is 5.56 Å². The highest BCUT2D eigenvalue weighted by molar-refractivity contribution is 5.91. The molecule has 0 atom stereocenters. The number of nitro benzene ring substituents is 1. The van der Waals surface area contributed by atoms with Gasteiger partial charge >= 0.3 is 0 Å². The van der Waals surface area contributed by atoms with E-state index in [1.165, 1.54) is 18.2 Å². The van der Waals surface area contributed by atoms with Crippen molar-refractivity contribution in [2.45, 2.75) is 13.5 Å². The number of aryl methyl sites for hydroxylation is 1.